The van der Waals surface area contributed by atoms with Crippen LogP contribution in [-0.2, 0) is 10.2 Å². The molecule has 1 aliphatic rings. The second kappa shape index (κ2) is 3.48. The number of anilines is 1. The van der Waals surface area contributed by atoms with E-state index in [1.165, 1.54) is 0 Å². The lowest BCUT2D eigenvalue weighted by molar-refractivity contribution is -0.127. The molecule has 92 valence electrons. The predicted molar refractivity (Wildman–Crippen MR) is 71.5 cm³/mol. The molecule has 3 nitrogen and oxygen atoms in total. The highest BCUT2D eigenvalue weighted by atomic mass is 79.9. The van der Waals surface area contributed by atoms with Crippen LogP contribution >= 0.6 is 15.9 Å². The Hall–Kier alpha value is -1.03. The highest BCUT2D eigenvalue weighted by molar-refractivity contribution is 9.10. The minimum atomic E-state index is -0.614. The maximum absolute atomic E-state index is 12.4. The minimum Gasteiger partial charge on any atom is -0.507 e. The lowest BCUT2D eigenvalue weighted by Crippen LogP contribution is -2.53. The van der Waals surface area contributed by atoms with Crippen LogP contribution in [0.4, 0.5) is 5.69 Å². The van der Waals surface area contributed by atoms with Gasteiger partial charge in [0.1, 0.15) is 5.75 Å². The van der Waals surface area contributed by atoms with Crippen molar-refractivity contribution in [3.63, 3.8) is 0 Å². The molecule has 0 saturated carbocycles. The van der Waals surface area contributed by atoms with E-state index in [1.807, 2.05) is 33.8 Å². The molecule has 0 spiro atoms. The highest BCUT2D eigenvalue weighted by Crippen LogP contribution is 2.44. The number of nitrogens with one attached hydrogen (secondary N) is 1. The summed E-state index contributed by atoms with van der Waals surface area (Å²) in [6, 6.07) is 3.47. The number of phenols is 1. The number of ketones is 1. The van der Waals surface area contributed by atoms with Crippen molar-refractivity contribution in [2.45, 2.75) is 38.6 Å². The summed E-state index contributed by atoms with van der Waals surface area (Å²) in [5, 5.41) is 12.9. The molecule has 1 heterocycles. The zero-order valence-corrected chi connectivity index (χ0v) is 12.0. The highest BCUT2D eigenvalue weighted by Gasteiger charge is 2.45. The minimum absolute atomic E-state index is 0.148. The zero-order chi connectivity index (χ0) is 13.0. The Labute approximate surface area is 109 Å². The van der Waals surface area contributed by atoms with Crippen molar-refractivity contribution in [3.05, 3.63) is 22.2 Å². The standard InChI is InChI=1S/C13H16BrNO2/c1-12(2)7-5-8(14)10(16)6-9(7)15-13(3,4)11(12)17/h5-6,15-16H,1-4H3. The molecule has 0 aromatic heterocycles. The fourth-order valence-electron chi connectivity index (χ4n) is 2.48. The van der Waals surface area contributed by atoms with E-state index in [1.54, 1.807) is 6.07 Å². The number of phenolic OH excluding ortho intramolecular Hbond substituents is 1. The van der Waals surface area contributed by atoms with Gasteiger partial charge in [-0.3, -0.25) is 4.79 Å². The molecule has 0 fully saturated rings. The van der Waals surface area contributed by atoms with Crippen LogP contribution in [0.25, 0.3) is 0 Å². The molecular weight excluding hydrogens is 282 g/mol. The number of halogens is 1. The van der Waals surface area contributed by atoms with Gasteiger partial charge in [0.15, 0.2) is 5.78 Å². The lowest BCUT2D eigenvalue weighted by Gasteiger charge is -2.42. The van der Waals surface area contributed by atoms with Gasteiger partial charge < -0.3 is 10.4 Å². The average Bonchev–Trinajstić information content (AvgIpc) is 2.19. The average molecular weight is 298 g/mol. The Balaban J connectivity index is 2.70. The molecule has 1 aromatic rings. The molecule has 2 N–H and O–H groups in total. The van der Waals surface area contributed by atoms with E-state index in [0.29, 0.717) is 4.47 Å². The van der Waals surface area contributed by atoms with Crippen LogP contribution in [0.1, 0.15) is 33.3 Å². The van der Waals surface area contributed by atoms with E-state index in [-0.39, 0.29) is 11.5 Å². The molecule has 0 unspecified atom stereocenters. The van der Waals surface area contributed by atoms with Crippen molar-refractivity contribution >= 4 is 27.4 Å². The Morgan fingerprint density at radius 1 is 1.24 bits per heavy atom. The summed E-state index contributed by atoms with van der Waals surface area (Å²) in [5.74, 6) is 0.326. The molecule has 0 bridgehead atoms. The maximum atomic E-state index is 12.4. The molecule has 0 amide bonds. The summed E-state index contributed by atoms with van der Waals surface area (Å²) in [7, 11) is 0. The first-order chi connectivity index (χ1) is 7.66. The summed E-state index contributed by atoms with van der Waals surface area (Å²) in [5.41, 5.74) is 0.559. The first kappa shape index (κ1) is 12.4. The monoisotopic (exact) mass is 297 g/mol. The van der Waals surface area contributed by atoms with Crippen LogP contribution in [0.3, 0.4) is 0 Å². The molecule has 0 aliphatic carbocycles. The van der Waals surface area contributed by atoms with E-state index in [2.05, 4.69) is 21.2 Å². The van der Waals surface area contributed by atoms with Gasteiger partial charge >= 0.3 is 0 Å². The summed E-state index contributed by atoms with van der Waals surface area (Å²) < 4.78 is 0.610. The van der Waals surface area contributed by atoms with Crippen molar-refractivity contribution in [2.75, 3.05) is 5.32 Å². The maximum Gasteiger partial charge on any atom is 0.167 e. The number of aromatic hydroxyl groups is 1. The molecule has 17 heavy (non-hydrogen) atoms. The number of hydrogen-bond acceptors (Lipinski definition) is 3. The van der Waals surface area contributed by atoms with Gasteiger partial charge in [0, 0.05) is 11.8 Å². The third-order valence-corrected chi connectivity index (χ3v) is 3.98. The van der Waals surface area contributed by atoms with Crippen molar-refractivity contribution in [1.82, 2.24) is 0 Å². The van der Waals surface area contributed by atoms with Crippen LogP contribution in [0.2, 0.25) is 0 Å². The van der Waals surface area contributed by atoms with Crippen molar-refractivity contribution in [1.29, 1.82) is 0 Å². The van der Waals surface area contributed by atoms with Crippen molar-refractivity contribution < 1.29 is 9.90 Å². The first-order valence-electron chi connectivity index (χ1n) is 5.52. The number of carbonyl (C=O) groups is 1. The van der Waals surface area contributed by atoms with Crippen LogP contribution in [0.5, 0.6) is 5.75 Å². The molecule has 0 atom stereocenters. The number of carbonyl (C=O) groups excluding carboxylic acids is 1. The Morgan fingerprint density at radius 2 is 1.82 bits per heavy atom. The van der Waals surface area contributed by atoms with Gasteiger partial charge in [-0.25, -0.2) is 0 Å². The molecule has 0 radical (unpaired) electrons. The Kier molecular flexibility index (Phi) is 2.54. The van der Waals surface area contributed by atoms with E-state index in [4.69, 9.17) is 0 Å². The zero-order valence-electron chi connectivity index (χ0n) is 10.4. The van der Waals surface area contributed by atoms with Gasteiger partial charge in [-0.1, -0.05) is 0 Å². The Bertz CT molecular complexity index is 506. The summed E-state index contributed by atoms with van der Waals surface area (Å²) in [6.45, 7) is 7.55. The summed E-state index contributed by atoms with van der Waals surface area (Å²) in [6.07, 6.45) is 0. The number of Topliss-reactive ketones (excluding diaryl/α,β-unsaturated/α-hetero) is 1. The largest absolute Gasteiger partial charge is 0.507 e. The van der Waals surface area contributed by atoms with Gasteiger partial charge in [0.05, 0.1) is 15.4 Å². The van der Waals surface area contributed by atoms with E-state index < -0.39 is 11.0 Å². The quantitative estimate of drug-likeness (QED) is 0.773. The third-order valence-electron chi connectivity index (χ3n) is 3.34. The number of fused-ring (bicyclic) bond motifs is 1. The molecule has 1 aliphatic heterocycles. The molecule has 4 heteroatoms. The second-order valence-corrected chi connectivity index (χ2v) is 6.41. The third kappa shape index (κ3) is 1.75. The SMILES string of the molecule is CC1(C)Nc2cc(O)c(Br)cc2C(C)(C)C1=O. The smallest absolute Gasteiger partial charge is 0.167 e. The van der Waals surface area contributed by atoms with Crippen LogP contribution in [0, 0.1) is 0 Å². The van der Waals surface area contributed by atoms with Gasteiger partial charge in [-0.15, -0.1) is 0 Å². The Morgan fingerprint density at radius 3 is 2.41 bits per heavy atom. The molecule has 1 aromatic carbocycles. The predicted octanol–water partition coefficient (Wildman–Crippen LogP) is 3.21. The molecule has 0 saturated heterocycles. The van der Waals surface area contributed by atoms with Crippen molar-refractivity contribution in [2.24, 2.45) is 0 Å². The number of rotatable bonds is 0. The second-order valence-electron chi connectivity index (χ2n) is 5.55. The van der Waals surface area contributed by atoms with Crippen LogP contribution in [-0.4, -0.2) is 16.4 Å². The van der Waals surface area contributed by atoms with Gasteiger partial charge in [-0.2, -0.15) is 0 Å². The van der Waals surface area contributed by atoms with Crippen molar-refractivity contribution in [3.8, 4) is 5.75 Å². The fourth-order valence-corrected chi connectivity index (χ4v) is 2.82. The van der Waals surface area contributed by atoms with Gasteiger partial charge in [0.2, 0.25) is 0 Å². The molecular formula is C13H16BrNO2. The normalized spacial score (nSPS) is 20.6. The summed E-state index contributed by atoms with van der Waals surface area (Å²) in [4.78, 5) is 12.4. The number of benzene rings is 1. The first-order valence-corrected chi connectivity index (χ1v) is 6.31. The number of hydrogen-bond donors (Lipinski definition) is 2. The van der Waals surface area contributed by atoms with Gasteiger partial charge in [-0.05, 0) is 55.3 Å². The van der Waals surface area contributed by atoms with Crippen LogP contribution in [0.15, 0.2) is 16.6 Å². The van der Waals surface area contributed by atoms with E-state index >= 15 is 0 Å². The summed E-state index contributed by atoms with van der Waals surface area (Å²) >= 11 is 3.29. The van der Waals surface area contributed by atoms with Crippen LogP contribution < -0.4 is 5.32 Å². The van der Waals surface area contributed by atoms with E-state index in [0.717, 1.165) is 11.3 Å². The topological polar surface area (TPSA) is 49.3 Å². The molecule has 2 rings (SSSR count). The van der Waals surface area contributed by atoms with Gasteiger partial charge in [0.25, 0.3) is 0 Å². The van der Waals surface area contributed by atoms with E-state index in [9.17, 15) is 9.90 Å². The fraction of sp³-hybridized carbons (Fsp3) is 0.462. The lowest BCUT2D eigenvalue weighted by atomic mass is 9.70.